The van der Waals surface area contributed by atoms with Crippen LogP contribution < -0.4 is 5.32 Å². The van der Waals surface area contributed by atoms with Crippen molar-refractivity contribution in [3.63, 3.8) is 0 Å². The molecule has 1 nitrogen and oxygen atoms in total. The Morgan fingerprint density at radius 2 is 2.06 bits per heavy atom. The van der Waals surface area contributed by atoms with Crippen LogP contribution in [0.1, 0.15) is 43.9 Å². The Morgan fingerprint density at radius 3 is 2.59 bits per heavy atom. The first kappa shape index (κ1) is 13.0. The molecule has 0 aliphatic carbocycles. The number of hydrogen-bond donors (Lipinski definition) is 1. The van der Waals surface area contributed by atoms with Crippen LogP contribution in [0.15, 0.2) is 24.3 Å². The van der Waals surface area contributed by atoms with E-state index in [9.17, 15) is 0 Å². The molecule has 0 bridgehead atoms. The zero-order valence-corrected chi connectivity index (χ0v) is 11.9. The summed E-state index contributed by atoms with van der Waals surface area (Å²) in [4.78, 5) is 0. The van der Waals surface area contributed by atoms with Gasteiger partial charge in [-0.3, -0.25) is 0 Å². The van der Waals surface area contributed by atoms with Gasteiger partial charge < -0.3 is 5.32 Å². The van der Waals surface area contributed by atoms with Crippen LogP contribution in [0.4, 0.5) is 0 Å². The highest BCUT2D eigenvalue weighted by Gasteiger charge is 2.24. The van der Waals surface area contributed by atoms with Crippen molar-refractivity contribution in [2.45, 2.75) is 50.9 Å². The molecule has 0 aromatic heterocycles. The van der Waals surface area contributed by atoms with Crippen molar-refractivity contribution >= 4 is 11.8 Å². The monoisotopic (exact) mass is 249 g/mol. The molecule has 1 fully saturated rings. The van der Waals surface area contributed by atoms with E-state index in [4.69, 9.17) is 0 Å². The predicted octanol–water partition coefficient (Wildman–Crippen LogP) is 3.93. The molecule has 1 aromatic rings. The maximum absolute atomic E-state index is 3.81. The Kier molecular flexibility index (Phi) is 4.52. The summed E-state index contributed by atoms with van der Waals surface area (Å²) in [6.07, 6.45) is 2.48. The largest absolute Gasteiger partial charge is 0.306 e. The summed E-state index contributed by atoms with van der Waals surface area (Å²) in [7, 11) is 0. The Bertz CT molecular complexity index is 346. The van der Waals surface area contributed by atoms with Gasteiger partial charge in [0.1, 0.15) is 0 Å². The third-order valence-corrected chi connectivity index (χ3v) is 4.88. The van der Waals surface area contributed by atoms with Crippen molar-refractivity contribution in [2.75, 3.05) is 5.75 Å². The summed E-state index contributed by atoms with van der Waals surface area (Å²) in [6, 6.07) is 10.2. The van der Waals surface area contributed by atoms with Gasteiger partial charge in [0.25, 0.3) is 0 Å². The van der Waals surface area contributed by atoms with Gasteiger partial charge in [-0.25, -0.2) is 0 Å². The summed E-state index contributed by atoms with van der Waals surface area (Å²) in [5.41, 5.74) is 2.77. The van der Waals surface area contributed by atoms with Crippen LogP contribution in [0.3, 0.4) is 0 Å². The second-order valence-electron chi connectivity index (χ2n) is 5.11. The number of rotatable bonds is 4. The summed E-state index contributed by atoms with van der Waals surface area (Å²) >= 11 is 2.09. The lowest BCUT2D eigenvalue weighted by Gasteiger charge is -2.22. The van der Waals surface area contributed by atoms with Crippen molar-refractivity contribution in [3.05, 3.63) is 35.4 Å². The molecular formula is C15H23NS. The van der Waals surface area contributed by atoms with Gasteiger partial charge in [0.05, 0.1) is 0 Å². The first-order chi connectivity index (χ1) is 8.19. The van der Waals surface area contributed by atoms with Crippen LogP contribution in [0.5, 0.6) is 0 Å². The first-order valence-corrected chi connectivity index (χ1v) is 7.68. The SMILES string of the molecule is CCC(NC1CSC(C)C1)c1ccc(C)cc1. The molecule has 94 valence electrons. The lowest BCUT2D eigenvalue weighted by atomic mass is 10.0. The molecule has 1 aliphatic heterocycles. The zero-order valence-electron chi connectivity index (χ0n) is 11.1. The molecule has 2 heteroatoms. The lowest BCUT2D eigenvalue weighted by molar-refractivity contribution is 0.442. The molecule has 1 N–H and O–H groups in total. The smallest absolute Gasteiger partial charge is 0.0320 e. The summed E-state index contributed by atoms with van der Waals surface area (Å²) in [6.45, 7) is 6.75. The van der Waals surface area contributed by atoms with Crippen molar-refractivity contribution in [3.8, 4) is 0 Å². The molecule has 17 heavy (non-hydrogen) atoms. The predicted molar refractivity (Wildman–Crippen MR) is 77.7 cm³/mol. The third-order valence-electron chi connectivity index (χ3n) is 3.52. The average molecular weight is 249 g/mol. The maximum atomic E-state index is 3.81. The minimum absolute atomic E-state index is 0.520. The minimum Gasteiger partial charge on any atom is -0.306 e. The van der Waals surface area contributed by atoms with E-state index >= 15 is 0 Å². The second kappa shape index (κ2) is 5.92. The molecule has 1 aromatic carbocycles. The van der Waals surface area contributed by atoms with Gasteiger partial charge in [0.15, 0.2) is 0 Å². The van der Waals surface area contributed by atoms with Gasteiger partial charge in [-0.15, -0.1) is 0 Å². The van der Waals surface area contributed by atoms with Crippen LogP contribution in [0.25, 0.3) is 0 Å². The Balaban J connectivity index is 1.98. The quantitative estimate of drug-likeness (QED) is 0.867. The number of hydrogen-bond acceptors (Lipinski definition) is 2. The number of nitrogens with one attached hydrogen (secondary N) is 1. The van der Waals surface area contributed by atoms with Gasteiger partial charge in [-0.05, 0) is 25.3 Å². The fourth-order valence-corrected chi connectivity index (χ4v) is 3.63. The third kappa shape index (κ3) is 3.49. The van der Waals surface area contributed by atoms with E-state index < -0.39 is 0 Å². The van der Waals surface area contributed by atoms with E-state index in [-0.39, 0.29) is 0 Å². The summed E-state index contributed by atoms with van der Waals surface area (Å²) in [5, 5.41) is 4.63. The van der Waals surface area contributed by atoms with E-state index in [0.29, 0.717) is 12.1 Å². The molecule has 1 aliphatic rings. The maximum Gasteiger partial charge on any atom is 0.0320 e. The molecule has 2 rings (SSSR count). The van der Waals surface area contributed by atoms with E-state index in [1.807, 2.05) is 0 Å². The molecule has 0 spiro atoms. The highest BCUT2D eigenvalue weighted by Crippen LogP contribution is 2.28. The number of aryl methyl sites for hydroxylation is 1. The number of benzene rings is 1. The zero-order chi connectivity index (χ0) is 12.3. The molecule has 0 radical (unpaired) electrons. The van der Waals surface area contributed by atoms with E-state index in [1.54, 1.807) is 0 Å². The molecule has 3 atom stereocenters. The molecule has 0 amide bonds. The standard InChI is InChI=1S/C15H23NS/c1-4-15(13-7-5-11(2)6-8-13)16-14-9-12(3)17-10-14/h5-8,12,14-16H,4,9-10H2,1-3H3. The Labute approximate surface area is 109 Å². The van der Waals surface area contributed by atoms with Crippen molar-refractivity contribution in [1.29, 1.82) is 0 Å². The highest BCUT2D eigenvalue weighted by molar-refractivity contribution is 8.00. The molecule has 0 saturated carbocycles. The van der Waals surface area contributed by atoms with Gasteiger partial charge in [-0.1, -0.05) is 43.7 Å². The number of thioether (sulfide) groups is 1. The van der Waals surface area contributed by atoms with E-state index in [2.05, 4.69) is 62.1 Å². The minimum atomic E-state index is 0.520. The van der Waals surface area contributed by atoms with Crippen LogP contribution in [-0.4, -0.2) is 17.0 Å². The second-order valence-corrected chi connectivity index (χ2v) is 6.59. The molecule has 1 saturated heterocycles. The summed E-state index contributed by atoms with van der Waals surface area (Å²) < 4.78 is 0. The first-order valence-electron chi connectivity index (χ1n) is 6.63. The van der Waals surface area contributed by atoms with Crippen LogP contribution in [0, 0.1) is 6.92 Å². The lowest BCUT2D eigenvalue weighted by Crippen LogP contribution is -2.32. The summed E-state index contributed by atoms with van der Waals surface area (Å²) in [5.74, 6) is 1.27. The van der Waals surface area contributed by atoms with Gasteiger partial charge in [0.2, 0.25) is 0 Å². The average Bonchev–Trinajstić information content (AvgIpc) is 2.73. The van der Waals surface area contributed by atoms with E-state index in [0.717, 1.165) is 5.25 Å². The topological polar surface area (TPSA) is 12.0 Å². The fourth-order valence-electron chi connectivity index (χ4n) is 2.47. The van der Waals surface area contributed by atoms with Crippen molar-refractivity contribution in [2.24, 2.45) is 0 Å². The van der Waals surface area contributed by atoms with E-state index in [1.165, 1.54) is 29.7 Å². The van der Waals surface area contributed by atoms with Gasteiger partial charge in [-0.2, -0.15) is 11.8 Å². The Hall–Kier alpha value is -0.470. The van der Waals surface area contributed by atoms with Gasteiger partial charge in [0, 0.05) is 23.1 Å². The van der Waals surface area contributed by atoms with Crippen molar-refractivity contribution < 1.29 is 0 Å². The van der Waals surface area contributed by atoms with Crippen LogP contribution in [0.2, 0.25) is 0 Å². The molecule has 3 unspecified atom stereocenters. The van der Waals surface area contributed by atoms with Crippen molar-refractivity contribution in [1.82, 2.24) is 5.32 Å². The van der Waals surface area contributed by atoms with Crippen LogP contribution in [-0.2, 0) is 0 Å². The molecular weight excluding hydrogens is 226 g/mol. The van der Waals surface area contributed by atoms with Crippen LogP contribution >= 0.6 is 11.8 Å². The molecule has 1 heterocycles. The fraction of sp³-hybridized carbons (Fsp3) is 0.600. The Morgan fingerprint density at radius 1 is 1.35 bits per heavy atom. The van der Waals surface area contributed by atoms with Gasteiger partial charge >= 0.3 is 0 Å². The highest BCUT2D eigenvalue weighted by atomic mass is 32.2. The normalized spacial score (nSPS) is 26.1.